The molecule has 4 aromatic carbocycles. The summed E-state index contributed by atoms with van der Waals surface area (Å²) in [5, 5.41) is 3.57. The van der Waals surface area contributed by atoms with E-state index < -0.39 is 0 Å². The maximum absolute atomic E-state index is 11.3. The maximum atomic E-state index is 11.3. The zero-order valence-corrected chi connectivity index (χ0v) is 35.6. The van der Waals surface area contributed by atoms with Gasteiger partial charge in [-0.3, -0.25) is 0 Å². The Hall–Kier alpha value is -5.83. The first-order valence-corrected chi connectivity index (χ1v) is 20.5. The first-order valence-electron chi connectivity index (χ1n) is 20.5. The third-order valence-corrected chi connectivity index (χ3v) is 11.2. The maximum Gasteiger partial charge on any atom is 0.330 e. The highest BCUT2D eigenvalue weighted by molar-refractivity contribution is 5.87. The van der Waals surface area contributed by atoms with Crippen molar-refractivity contribution in [3.63, 3.8) is 0 Å². The zero-order valence-electron chi connectivity index (χ0n) is 35.6. The van der Waals surface area contributed by atoms with Crippen LogP contribution in [0.1, 0.15) is 96.6 Å². The van der Waals surface area contributed by atoms with Gasteiger partial charge in [0.1, 0.15) is 17.8 Å². The van der Waals surface area contributed by atoms with Crippen LogP contribution >= 0.6 is 0 Å². The molecule has 2 aliphatic carbocycles. The number of hydrogen-bond donors (Lipinski definition) is 2. The topological polar surface area (TPSA) is 126 Å². The average molecular weight is 803 g/mol. The molecule has 0 unspecified atom stereocenters. The van der Waals surface area contributed by atoms with Crippen molar-refractivity contribution in [2.45, 2.75) is 77.0 Å². The number of benzene rings is 4. The van der Waals surface area contributed by atoms with E-state index in [2.05, 4.69) is 77.2 Å². The Morgan fingerprint density at radius 2 is 1.14 bits per heavy atom. The fourth-order valence-electron chi connectivity index (χ4n) is 7.74. The van der Waals surface area contributed by atoms with Crippen LogP contribution in [0.3, 0.4) is 0 Å². The van der Waals surface area contributed by atoms with Crippen LogP contribution in [0.4, 0.5) is 11.4 Å². The second-order valence-corrected chi connectivity index (χ2v) is 15.3. The quantitative estimate of drug-likeness (QED) is 0.0623. The Balaban J connectivity index is 0.000000216. The molecule has 2 fully saturated rings. The molecule has 2 saturated carbocycles. The van der Waals surface area contributed by atoms with Gasteiger partial charge < -0.3 is 34.8 Å². The minimum absolute atomic E-state index is 0.297. The van der Waals surface area contributed by atoms with Gasteiger partial charge in [-0.15, -0.1) is 0 Å². The molecular weight excluding hydrogens is 741 g/mol. The summed E-state index contributed by atoms with van der Waals surface area (Å²) >= 11 is 0. The van der Waals surface area contributed by atoms with Gasteiger partial charge in [0, 0.05) is 36.0 Å². The molecule has 0 aliphatic heterocycles. The monoisotopic (exact) mass is 802 g/mol. The minimum atomic E-state index is -0.373. The molecule has 3 N–H and O–H groups in total. The predicted octanol–water partition coefficient (Wildman–Crippen LogP) is 10.5. The molecule has 0 atom stereocenters. The number of carbonyl (C=O) groups is 3. The number of nitrogen functional groups attached to an aromatic ring is 1. The second-order valence-electron chi connectivity index (χ2n) is 15.3. The van der Waals surface area contributed by atoms with Crippen LogP contribution in [-0.4, -0.2) is 53.2 Å². The van der Waals surface area contributed by atoms with Gasteiger partial charge in [-0.05, 0) is 165 Å². The van der Waals surface area contributed by atoms with Crippen LogP contribution in [0.15, 0.2) is 97.1 Å². The molecule has 0 spiro atoms. The van der Waals surface area contributed by atoms with Crippen molar-refractivity contribution in [1.82, 2.24) is 0 Å². The number of nitrogens with one attached hydrogen (secondary N) is 1. The van der Waals surface area contributed by atoms with Crippen molar-refractivity contribution in [1.29, 1.82) is 0 Å². The molecule has 2 aliphatic rings. The Morgan fingerprint density at radius 3 is 1.59 bits per heavy atom. The molecule has 0 bridgehead atoms. The fraction of sp³-hybridized carbons (Fsp3) is 0.380. The van der Waals surface area contributed by atoms with E-state index in [-0.39, 0.29) is 11.9 Å². The van der Waals surface area contributed by atoms with E-state index in [1.807, 2.05) is 24.3 Å². The first kappa shape index (κ1) is 45.9. The van der Waals surface area contributed by atoms with E-state index in [0.29, 0.717) is 29.4 Å². The van der Waals surface area contributed by atoms with E-state index in [1.54, 1.807) is 38.5 Å². The molecule has 0 aromatic heterocycles. The molecular formula is C50H62N2O7. The van der Waals surface area contributed by atoms with Crippen LogP contribution < -0.4 is 20.5 Å². The Kier molecular flexibility index (Phi) is 18.8. The van der Waals surface area contributed by atoms with Gasteiger partial charge in [-0.1, -0.05) is 48.5 Å². The third-order valence-electron chi connectivity index (χ3n) is 11.2. The van der Waals surface area contributed by atoms with Crippen LogP contribution in [-0.2, 0) is 23.9 Å². The predicted molar refractivity (Wildman–Crippen MR) is 239 cm³/mol. The zero-order chi connectivity index (χ0) is 42.6. The molecule has 9 heteroatoms. The highest BCUT2D eigenvalue weighted by Gasteiger charge is 2.23. The van der Waals surface area contributed by atoms with Crippen molar-refractivity contribution >= 4 is 41.8 Å². The van der Waals surface area contributed by atoms with Crippen LogP contribution in [0.2, 0.25) is 0 Å². The van der Waals surface area contributed by atoms with Gasteiger partial charge in [0.25, 0.3) is 0 Å². The number of aldehydes is 1. The summed E-state index contributed by atoms with van der Waals surface area (Å²) in [6.07, 6.45) is 16.7. The summed E-state index contributed by atoms with van der Waals surface area (Å²) in [4.78, 5) is 32.7. The first-order chi connectivity index (χ1) is 28.5. The molecule has 0 heterocycles. The SMILES string of the molecule is COC(=O)/C=C/c1cccc(N)c1.COC(=O)/C=C/c1cccc(NCC2CCC(c3ccc(OC)c(C)c3)CC2)c1.COc1ccc(C2CCC(C=O)CC2)cc1C. The molecule has 9 nitrogen and oxygen atoms in total. The van der Waals surface area contributed by atoms with Gasteiger partial charge in [-0.2, -0.15) is 0 Å². The number of ether oxygens (including phenoxy) is 4. The molecule has 0 saturated heterocycles. The lowest BCUT2D eigenvalue weighted by Gasteiger charge is -2.29. The van der Waals surface area contributed by atoms with Gasteiger partial charge >= 0.3 is 11.9 Å². The number of hydrogen-bond acceptors (Lipinski definition) is 9. The van der Waals surface area contributed by atoms with Crippen molar-refractivity contribution in [2.24, 2.45) is 11.8 Å². The lowest BCUT2D eigenvalue weighted by atomic mass is 9.78. The lowest BCUT2D eigenvalue weighted by Crippen LogP contribution is -2.20. The highest BCUT2D eigenvalue weighted by atomic mass is 16.5. The average Bonchev–Trinajstić information content (AvgIpc) is 3.27. The number of aryl methyl sites for hydroxylation is 2. The Bertz CT molecular complexity index is 2010. The van der Waals surface area contributed by atoms with Crippen molar-refractivity contribution in [2.75, 3.05) is 46.0 Å². The summed E-state index contributed by atoms with van der Waals surface area (Å²) in [6, 6.07) is 28.4. The smallest absolute Gasteiger partial charge is 0.330 e. The molecule has 0 amide bonds. The number of esters is 2. The van der Waals surface area contributed by atoms with Gasteiger partial charge in [0.2, 0.25) is 0 Å². The van der Waals surface area contributed by atoms with E-state index >= 15 is 0 Å². The number of methoxy groups -OCH3 is 4. The summed E-state index contributed by atoms with van der Waals surface area (Å²) in [6.45, 7) is 5.18. The number of rotatable bonds is 12. The Labute approximate surface area is 351 Å². The molecule has 0 radical (unpaired) electrons. The highest BCUT2D eigenvalue weighted by Crippen LogP contribution is 2.38. The van der Waals surface area contributed by atoms with E-state index in [1.165, 1.54) is 74.3 Å². The van der Waals surface area contributed by atoms with E-state index in [0.717, 1.165) is 66.8 Å². The van der Waals surface area contributed by atoms with Crippen molar-refractivity contribution in [3.8, 4) is 11.5 Å². The van der Waals surface area contributed by atoms with Gasteiger partial charge in [-0.25, -0.2) is 9.59 Å². The van der Waals surface area contributed by atoms with Crippen LogP contribution in [0, 0.1) is 25.7 Å². The van der Waals surface area contributed by atoms with Crippen molar-refractivity contribution < 1.29 is 33.3 Å². The molecule has 4 aromatic rings. The van der Waals surface area contributed by atoms with Crippen molar-refractivity contribution in [3.05, 3.63) is 130 Å². The summed E-state index contributed by atoms with van der Waals surface area (Å²) in [7, 11) is 6.16. The normalized spacial score (nSPS) is 18.7. The number of nitrogens with two attached hydrogens (primary N) is 1. The second kappa shape index (κ2) is 24.2. The lowest BCUT2D eigenvalue weighted by molar-refractivity contribution is -0.135. The Morgan fingerprint density at radius 1 is 0.644 bits per heavy atom. The standard InChI is InChI=1S/C25H31NO3.C15H20O2.C10H11NO2/c1-18-15-22(12-13-24(18)28-2)21-10-7-20(8-11-21)17-26-23-6-4-5-19(16-23)9-14-25(27)29-3;1-11-9-14(7-8-15(11)17-2)13-5-3-12(10-16)4-6-13;1-13-10(12)6-5-8-3-2-4-9(11)7-8/h4-6,9,12-16,20-21,26H,7-8,10-11,17H2,1-3H3;7-10,12-13H,3-6H2,1-2H3;2-7H,11H2,1H3/b14-9+;;6-5+. The van der Waals surface area contributed by atoms with Gasteiger partial charge in [0.05, 0.1) is 28.4 Å². The minimum Gasteiger partial charge on any atom is -0.496 e. The third kappa shape index (κ3) is 15.1. The van der Waals surface area contributed by atoms with Crippen LogP contribution in [0.5, 0.6) is 11.5 Å². The number of anilines is 2. The molecule has 59 heavy (non-hydrogen) atoms. The molecule has 6 rings (SSSR count). The van der Waals surface area contributed by atoms with E-state index in [9.17, 15) is 14.4 Å². The summed E-state index contributed by atoms with van der Waals surface area (Å²) < 4.78 is 19.7. The van der Waals surface area contributed by atoms with Gasteiger partial charge in [0.15, 0.2) is 0 Å². The summed E-state index contributed by atoms with van der Waals surface area (Å²) in [5.41, 5.74) is 14.4. The molecule has 314 valence electrons. The largest absolute Gasteiger partial charge is 0.496 e. The van der Waals surface area contributed by atoms with E-state index in [4.69, 9.17) is 15.2 Å². The number of carbonyl (C=O) groups excluding carboxylic acids is 3. The van der Waals surface area contributed by atoms with Crippen LogP contribution in [0.25, 0.3) is 12.2 Å². The summed E-state index contributed by atoms with van der Waals surface area (Å²) in [5.74, 6) is 3.48. The fourth-order valence-corrected chi connectivity index (χ4v) is 7.74.